The van der Waals surface area contributed by atoms with E-state index in [4.69, 9.17) is 25.5 Å². The van der Waals surface area contributed by atoms with Crippen LogP contribution in [-0.4, -0.2) is 13.7 Å². The van der Waals surface area contributed by atoms with Crippen molar-refractivity contribution in [3.63, 3.8) is 0 Å². The van der Waals surface area contributed by atoms with Crippen LogP contribution in [0.15, 0.2) is 34.9 Å². The Kier molecular flexibility index (Phi) is 5.32. The number of ether oxygens (including phenoxy) is 2. The molecule has 0 saturated heterocycles. The Morgan fingerprint density at radius 3 is 2.80 bits per heavy atom. The number of hydrogen-bond donors (Lipinski definition) is 1. The highest BCUT2D eigenvalue weighted by Gasteiger charge is 2.11. The zero-order valence-electron chi connectivity index (χ0n) is 11.6. The third-order valence-electron chi connectivity index (χ3n) is 2.79. The zero-order valence-corrected chi connectivity index (χ0v) is 12.4. The van der Waals surface area contributed by atoms with Crippen LogP contribution in [0.5, 0.6) is 11.5 Å². The summed E-state index contributed by atoms with van der Waals surface area (Å²) in [5, 5.41) is 3.84. The van der Waals surface area contributed by atoms with Gasteiger partial charge in [0.15, 0.2) is 11.5 Å². The molecular formula is C15H18ClNO3. The summed E-state index contributed by atoms with van der Waals surface area (Å²) in [5.74, 6) is 2.13. The molecule has 5 heteroatoms. The Labute approximate surface area is 123 Å². The molecule has 0 aliphatic rings. The molecule has 0 bridgehead atoms. The van der Waals surface area contributed by atoms with Crippen LogP contribution in [0, 0.1) is 0 Å². The fourth-order valence-corrected chi connectivity index (χ4v) is 2.19. The van der Waals surface area contributed by atoms with Gasteiger partial charge in [-0.25, -0.2) is 0 Å². The average molecular weight is 296 g/mol. The minimum Gasteiger partial charge on any atom is -0.493 e. The van der Waals surface area contributed by atoms with E-state index < -0.39 is 0 Å². The summed E-state index contributed by atoms with van der Waals surface area (Å²) in [6, 6.07) is 7.60. The van der Waals surface area contributed by atoms with Crippen LogP contribution < -0.4 is 14.8 Å². The van der Waals surface area contributed by atoms with Crippen molar-refractivity contribution in [2.45, 2.75) is 20.0 Å². The van der Waals surface area contributed by atoms with Crippen LogP contribution in [0.1, 0.15) is 18.2 Å². The molecule has 20 heavy (non-hydrogen) atoms. The van der Waals surface area contributed by atoms with Gasteiger partial charge in [-0.2, -0.15) is 0 Å². The van der Waals surface area contributed by atoms with Crippen LogP contribution in [0.3, 0.4) is 0 Å². The predicted molar refractivity (Wildman–Crippen MR) is 78.4 cm³/mol. The maximum atomic E-state index is 6.22. The monoisotopic (exact) mass is 295 g/mol. The van der Waals surface area contributed by atoms with Crippen LogP contribution >= 0.6 is 11.6 Å². The molecule has 0 aliphatic carbocycles. The second-order valence-corrected chi connectivity index (χ2v) is 4.63. The first-order valence-corrected chi connectivity index (χ1v) is 6.84. The van der Waals surface area contributed by atoms with Gasteiger partial charge >= 0.3 is 0 Å². The third-order valence-corrected chi connectivity index (χ3v) is 3.07. The number of halogens is 1. The number of furan rings is 1. The lowest BCUT2D eigenvalue weighted by Crippen LogP contribution is -2.12. The predicted octanol–water partition coefficient (Wildman–Crippen LogP) is 3.63. The molecular weight excluding hydrogens is 278 g/mol. The molecule has 0 unspecified atom stereocenters. The molecule has 0 atom stereocenters. The summed E-state index contributed by atoms with van der Waals surface area (Å²) < 4.78 is 16.1. The number of benzene rings is 1. The quantitative estimate of drug-likeness (QED) is 0.847. The van der Waals surface area contributed by atoms with E-state index >= 15 is 0 Å². The van der Waals surface area contributed by atoms with Crippen molar-refractivity contribution < 1.29 is 13.9 Å². The second kappa shape index (κ2) is 7.22. The largest absolute Gasteiger partial charge is 0.493 e. The van der Waals surface area contributed by atoms with Gasteiger partial charge < -0.3 is 19.2 Å². The van der Waals surface area contributed by atoms with E-state index in [1.165, 1.54) is 0 Å². The van der Waals surface area contributed by atoms with E-state index in [-0.39, 0.29) is 0 Å². The summed E-state index contributed by atoms with van der Waals surface area (Å²) in [6.07, 6.45) is 1.66. The molecule has 0 saturated carbocycles. The highest BCUT2D eigenvalue weighted by atomic mass is 35.5. The molecule has 0 spiro atoms. The van der Waals surface area contributed by atoms with Gasteiger partial charge in [-0.15, -0.1) is 0 Å². The van der Waals surface area contributed by atoms with E-state index in [2.05, 4.69) is 5.32 Å². The summed E-state index contributed by atoms with van der Waals surface area (Å²) >= 11 is 6.22. The molecule has 0 radical (unpaired) electrons. The molecule has 1 heterocycles. The molecule has 4 nitrogen and oxygen atoms in total. The normalized spacial score (nSPS) is 10.6. The number of methoxy groups -OCH3 is 1. The Bertz CT molecular complexity index is 540. The standard InChI is InChI=1S/C15H18ClNO3/c1-3-19-15-13(16)7-11(8-14(15)18-2)9-17-10-12-5-4-6-20-12/h4-8,17H,3,9-10H2,1-2H3. The fraction of sp³-hybridized carbons (Fsp3) is 0.333. The molecule has 1 aromatic carbocycles. The smallest absolute Gasteiger partial charge is 0.179 e. The number of rotatable bonds is 7. The summed E-state index contributed by atoms with van der Waals surface area (Å²) in [4.78, 5) is 0. The van der Waals surface area contributed by atoms with Gasteiger partial charge in [-0.1, -0.05) is 11.6 Å². The lowest BCUT2D eigenvalue weighted by Gasteiger charge is -2.13. The van der Waals surface area contributed by atoms with Crippen molar-refractivity contribution in [3.8, 4) is 11.5 Å². The van der Waals surface area contributed by atoms with Gasteiger partial charge in [-0.05, 0) is 36.8 Å². The van der Waals surface area contributed by atoms with Crippen LogP contribution in [-0.2, 0) is 13.1 Å². The zero-order chi connectivity index (χ0) is 14.4. The molecule has 1 aromatic heterocycles. The van der Waals surface area contributed by atoms with E-state index in [1.807, 2.05) is 31.2 Å². The van der Waals surface area contributed by atoms with E-state index in [9.17, 15) is 0 Å². The molecule has 0 aliphatic heterocycles. The minimum atomic E-state index is 0.548. The van der Waals surface area contributed by atoms with E-state index in [0.717, 1.165) is 11.3 Å². The van der Waals surface area contributed by atoms with Crippen LogP contribution in [0.2, 0.25) is 5.02 Å². The molecule has 2 aromatic rings. The molecule has 2 rings (SSSR count). The molecule has 108 valence electrons. The van der Waals surface area contributed by atoms with Gasteiger partial charge in [0.1, 0.15) is 5.76 Å². The Balaban J connectivity index is 2.02. The third kappa shape index (κ3) is 3.68. The van der Waals surface area contributed by atoms with Crippen LogP contribution in [0.25, 0.3) is 0 Å². The van der Waals surface area contributed by atoms with E-state index in [0.29, 0.717) is 36.2 Å². The lowest BCUT2D eigenvalue weighted by molar-refractivity contribution is 0.311. The first-order valence-electron chi connectivity index (χ1n) is 6.47. The van der Waals surface area contributed by atoms with E-state index in [1.54, 1.807) is 13.4 Å². The summed E-state index contributed by atoms with van der Waals surface area (Å²) in [7, 11) is 1.61. The lowest BCUT2D eigenvalue weighted by atomic mass is 10.2. The molecule has 1 N–H and O–H groups in total. The number of hydrogen-bond acceptors (Lipinski definition) is 4. The van der Waals surface area contributed by atoms with Crippen molar-refractivity contribution >= 4 is 11.6 Å². The maximum Gasteiger partial charge on any atom is 0.179 e. The van der Waals surface area contributed by atoms with Crippen molar-refractivity contribution in [1.29, 1.82) is 0 Å². The highest BCUT2D eigenvalue weighted by molar-refractivity contribution is 6.32. The summed E-state index contributed by atoms with van der Waals surface area (Å²) in [6.45, 7) is 3.80. The SMILES string of the molecule is CCOc1c(Cl)cc(CNCc2ccco2)cc1OC. The van der Waals surface area contributed by atoms with Gasteiger partial charge in [0, 0.05) is 6.54 Å². The topological polar surface area (TPSA) is 43.6 Å². The molecule has 0 amide bonds. The summed E-state index contributed by atoms with van der Waals surface area (Å²) in [5.41, 5.74) is 1.03. The van der Waals surface area contributed by atoms with Gasteiger partial charge in [-0.3, -0.25) is 0 Å². The maximum absolute atomic E-state index is 6.22. The second-order valence-electron chi connectivity index (χ2n) is 4.22. The first kappa shape index (κ1) is 14.8. The van der Waals surface area contributed by atoms with Gasteiger partial charge in [0.05, 0.1) is 31.5 Å². The van der Waals surface area contributed by atoms with Gasteiger partial charge in [0.2, 0.25) is 0 Å². The highest BCUT2D eigenvalue weighted by Crippen LogP contribution is 2.36. The minimum absolute atomic E-state index is 0.548. The van der Waals surface area contributed by atoms with Crippen molar-refractivity contribution in [3.05, 3.63) is 46.9 Å². The Morgan fingerprint density at radius 1 is 1.30 bits per heavy atom. The number of nitrogens with one attached hydrogen (secondary N) is 1. The Morgan fingerprint density at radius 2 is 2.15 bits per heavy atom. The van der Waals surface area contributed by atoms with Crippen molar-refractivity contribution in [1.82, 2.24) is 5.32 Å². The van der Waals surface area contributed by atoms with Crippen LogP contribution in [0.4, 0.5) is 0 Å². The molecule has 0 fully saturated rings. The van der Waals surface area contributed by atoms with Crippen molar-refractivity contribution in [2.24, 2.45) is 0 Å². The first-order chi connectivity index (χ1) is 9.74. The van der Waals surface area contributed by atoms with Crippen molar-refractivity contribution in [2.75, 3.05) is 13.7 Å². The van der Waals surface area contributed by atoms with Gasteiger partial charge in [0.25, 0.3) is 0 Å². The Hall–Kier alpha value is -1.65. The average Bonchev–Trinajstić information content (AvgIpc) is 2.94. The fourth-order valence-electron chi connectivity index (χ4n) is 1.90.